The molecule has 2 heterocycles. The first kappa shape index (κ1) is 16.6. The first-order valence-corrected chi connectivity index (χ1v) is 8.76. The summed E-state index contributed by atoms with van der Waals surface area (Å²) in [6.45, 7) is 3.79. The molecule has 2 aliphatic rings. The van der Waals surface area contributed by atoms with Gasteiger partial charge < -0.3 is 15.4 Å². The van der Waals surface area contributed by atoms with Crippen LogP contribution in [0.3, 0.4) is 0 Å². The highest BCUT2D eigenvalue weighted by Crippen LogP contribution is 2.14. The van der Waals surface area contributed by atoms with Crippen molar-refractivity contribution in [2.24, 2.45) is 5.73 Å². The Balaban J connectivity index is 1.86. The van der Waals surface area contributed by atoms with E-state index >= 15 is 0 Å². The Labute approximate surface area is 126 Å². The molecule has 0 atom stereocenters. The van der Waals surface area contributed by atoms with Gasteiger partial charge in [0.15, 0.2) is 0 Å². The van der Waals surface area contributed by atoms with Gasteiger partial charge in [-0.3, -0.25) is 4.79 Å². The summed E-state index contributed by atoms with van der Waals surface area (Å²) in [5.41, 5.74) is 5.39. The molecule has 9 heteroatoms. The van der Waals surface area contributed by atoms with E-state index in [2.05, 4.69) is 0 Å². The van der Waals surface area contributed by atoms with Crippen LogP contribution in [0.2, 0.25) is 0 Å². The van der Waals surface area contributed by atoms with Crippen molar-refractivity contribution in [3.63, 3.8) is 0 Å². The molecule has 8 nitrogen and oxygen atoms in total. The van der Waals surface area contributed by atoms with E-state index in [0.717, 1.165) is 0 Å². The Morgan fingerprint density at radius 3 is 2.14 bits per heavy atom. The van der Waals surface area contributed by atoms with E-state index in [1.165, 1.54) is 8.61 Å². The number of nitrogens with two attached hydrogens (primary N) is 1. The number of hydrogen-bond donors (Lipinski definition) is 1. The molecule has 0 unspecified atom stereocenters. The summed E-state index contributed by atoms with van der Waals surface area (Å²) in [5.74, 6) is 0.0591. The molecule has 0 aliphatic carbocycles. The molecule has 0 saturated carbocycles. The zero-order chi connectivity index (χ0) is 15.3. The lowest BCUT2D eigenvalue weighted by molar-refractivity contribution is -0.132. The van der Waals surface area contributed by atoms with E-state index in [4.69, 9.17) is 10.5 Å². The van der Waals surface area contributed by atoms with Crippen LogP contribution in [-0.4, -0.2) is 86.9 Å². The highest BCUT2D eigenvalue weighted by molar-refractivity contribution is 7.86. The van der Waals surface area contributed by atoms with Gasteiger partial charge >= 0.3 is 0 Å². The number of ether oxygens (including phenoxy) is 1. The van der Waals surface area contributed by atoms with Crippen LogP contribution < -0.4 is 5.73 Å². The fourth-order valence-electron chi connectivity index (χ4n) is 2.52. The molecule has 2 aliphatic heterocycles. The van der Waals surface area contributed by atoms with Crippen LogP contribution in [0.15, 0.2) is 0 Å². The van der Waals surface area contributed by atoms with E-state index in [-0.39, 0.29) is 5.91 Å². The lowest BCUT2D eigenvalue weighted by Gasteiger charge is -2.37. The Kier molecular flexibility index (Phi) is 5.94. The first-order chi connectivity index (χ1) is 10.1. The Morgan fingerprint density at radius 2 is 1.57 bits per heavy atom. The van der Waals surface area contributed by atoms with Crippen LogP contribution in [0.4, 0.5) is 0 Å². The fraction of sp³-hybridized carbons (Fsp3) is 0.917. The van der Waals surface area contributed by atoms with E-state index in [1.54, 1.807) is 4.90 Å². The van der Waals surface area contributed by atoms with E-state index in [1.807, 2.05) is 0 Å². The van der Waals surface area contributed by atoms with Gasteiger partial charge in [-0.25, -0.2) is 0 Å². The summed E-state index contributed by atoms with van der Waals surface area (Å²) >= 11 is 0. The predicted molar refractivity (Wildman–Crippen MR) is 77.8 cm³/mol. The van der Waals surface area contributed by atoms with Crippen molar-refractivity contribution in [1.29, 1.82) is 0 Å². The molecule has 0 spiro atoms. The first-order valence-electron chi connectivity index (χ1n) is 7.36. The monoisotopic (exact) mass is 320 g/mol. The summed E-state index contributed by atoms with van der Waals surface area (Å²) in [6.07, 6.45) is 1.11. The second-order valence-electron chi connectivity index (χ2n) is 5.19. The number of carbonyl (C=O) groups is 1. The molecule has 2 rings (SSSR count). The number of carbonyl (C=O) groups excluding carboxylic acids is 1. The molecule has 2 N–H and O–H groups in total. The maximum Gasteiger partial charge on any atom is 0.282 e. The van der Waals surface area contributed by atoms with Crippen LogP contribution in [-0.2, 0) is 19.7 Å². The highest BCUT2D eigenvalue weighted by Gasteiger charge is 2.33. The number of amides is 1. The second kappa shape index (κ2) is 7.50. The molecule has 1 amide bonds. The van der Waals surface area contributed by atoms with Crippen molar-refractivity contribution in [2.75, 3.05) is 59.0 Å². The summed E-state index contributed by atoms with van der Waals surface area (Å²) in [7, 11) is -3.42. The van der Waals surface area contributed by atoms with Gasteiger partial charge in [0.05, 0.1) is 13.2 Å². The summed E-state index contributed by atoms with van der Waals surface area (Å²) in [4.78, 5) is 13.6. The van der Waals surface area contributed by atoms with Gasteiger partial charge in [-0.1, -0.05) is 0 Å². The van der Waals surface area contributed by atoms with E-state index in [0.29, 0.717) is 71.9 Å². The van der Waals surface area contributed by atoms with E-state index in [9.17, 15) is 13.2 Å². The molecular weight excluding hydrogens is 296 g/mol. The lowest BCUT2D eigenvalue weighted by atomic mass is 10.2. The Bertz CT molecular complexity index is 442. The van der Waals surface area contributed by atoms with Crippen molar-refractivity contribution in [3.8, 4) is 0 Å². The average molecular weight is 320 g/mol. The maximum absolute atomic E-state index is 12.5. The number of piperazine rings is 1. The summed E-state index contributed by atoms with van der Waals surface area (Å²) in [6, 6.07) is 0. The molecule has 21 heavy (non-hydrogen) atoms. The standard InChI is InChI=1S/C12H24N4O4S/c13-3-1-2-12(17)14-4-6-15(7-5-14)21(18,19)16-8-10-20-11-9-16/h1-11,13H2. The lowest BCUT2D eigenvalue weighted by Crippen LogP contribution is -2.55. The largest absolute Gasteiger partial charge is 0.379 e. The van der Waals surface area contributed by atoms with Crippen molar-refractivity contribution >= 4 is 16.1 Å². The fourth-order valence-corrected chi connectivity index (χ4v) is 4.08. The number of hydrogen-bond acceptors (Lipinski definition) is 5. The topological polar surface area (TPSA) is 96.2 Å². The third-order valence-corrected chi connectivity index (χ3v) is 5.84. The third kappa shape index (κ3) is 4.13. The van der Waals surface area contributed by atoms with Crippen molar-refractivity contribution in [2.45, 2.75) is 12.8 Å². The number of nitrogens with zero attached hydrogens (tertiary/aromatic N) is 3. The molecule has 0 radical (unpaired) electrons. The van der Waals surface area contributed by atoms with Gasteiger partial charge in [-0.05, 0) is 13.0 Å². The molecule has 0 bridgehead atoms. The normalized spacial score (nSPS) is 22.4. The van der Waals surface area contributed by atoms with Gasteiger partial charge in [0.1, 0.15) is 0 Å². The minimum Gasteiger partial charge on any atom is -0.379 e. The maximum atomic E-state index is 12.5. The number of morpholine rings is 1. The SMILES string of the molecule is NCCCC(=O)N1CCN(S(=O)(=O)N2CCOCC2)CC1. The molecule has 2 fully saturated rings. The Morgan fingerprint density at radius 1 is 1.00 bits per heavy atom. The predicted octanol–water partition coefficient (Wildman–Crippen LogP) is -1.55. The molecule has 2 saturated heterocycles. The third-order valence-electron chi connectivity index (χ3n) is 3.81. The zero-order valence-electron chi connectivity index (χ0n) is 12.2. The van der Waals surface area contributed by atoms with Crippen LogP contribution >= 0.6 is 0 Å². The molecule has 0 aromatic heterocycles. The minimum absolute atomic E-state index is 0.0591. The molecular formula is C12H24N4O4S. The van der Waals surface area contributed by atoms with Crippen LogP contribution in [0.5, 0.6) is 0 Å². The average Bonchev–Trinajstić information content (AvgIpc) is 2.53. The quantitative estimate of drug-likeness (QED) is 0.661. The summed E-state index contributed by atoms with van der Waals surface area (Å²) in [5, 5.41) is 0. The summed E-state index contributed by atoms with van der Waals surface area (Å²) < 4.78 is 33.0. The molecule has 0 aromatic carbocycles. The second-order valence-corrected chi connectivity index (χ2v) is 7.12. The van der Waals surface area contributed by atoms with Crippen molar-refractivity contribution < 1.29 is 17.9 Å². The van der Waals surface area contributed by atoms with Crippen molar-refractivity contribution in [3.05, 3.63) is 0 Å². The van der Waals surface area contributed by atoms with Gasteiger partial charge in [0.25, 0.3) is 10.2 Å². The Hall–Kier alpha value is -0.740. The van der Waals surface area contributed by atoms with Crippen molar-refractivity contribution in [1.82, 2.24) is 13.5 Å². The smallest absolute Gasteiger partial charge is 0.282 e. The highest BCUT2D eigenvalue weighted by atomic mass is 32.2. The molecule has 0 aromatic rings. The van der Waals surface area contributed by atoms with Crippen LogP contribution in [0.25, 0.3) is 0 Å². The number of rotatable bonds is 5. The van der Waals surface area contributed by atoms with E-state index < -0.39 is 10.2 Å². The van der Waals surface area contributed by atoms with Gasteiger partial charge in [0.2, 0.25) is 5.91 Å². The van der Waals surface area contributed by atoms with Gasteiger partial charge in [-0.15, -0.1) is 0 Å². The van der Waals surface area contributed by atoms with Gasteiger partial charge in [-0.2, -0.15) is 17.0 Å². The molecule has 122 valence electrons. The minimum atomic E-state index is -3.42. The van der Waals surface area contributed by atoms with Crippen LogP contribution in [0, 0.1) is 0 Å². The van der Waals surface area contributed by atoms with Crippen LogP contribution in [0.1, 0.15) is 12.8 Å². The van der Waals surface area contributed by atoms with Gasteiger partial charge in [0, 0.05) is 45.7 Å². The zero-order valence-corrected chi connectivity index (χ0v) is 13.1.